The van der Waals surface area contributed by atoms with Crippen molar-refractivity contribution in [2.75, 3.05) is 7.11 Å². The number of rotatable bonds is 5. The van der Waals surface area contributed by atoms with Gasteiger partial charge in [0.15, 0.2) is 5.16 Å². The average Bonchev–Trinajstić information content (AvgIpc) is 3.16. The monoisotopic (exact) mass is 338 g/mol. The third-order valence-electron chi connectivity index (χ3n) is 3.15. The molecule has 0 aliphatic heterocycles. The maximum absolute atomic E-state index is 13.3. The maximum Gasteiger partial charge on any atom is 0.373 e. The molecule has 2 heterocycles. The molecule has 0 aliphatic carbocycles. The standard InChI is InChI=1S/C15H12F2N2O3S/c1-21-13(20)12-7-6-9(22-12)8-23-15-18-10-4-2-3-5-11(10)19(15)14(16)17/h2-7,14H,8H2,1H3. The van der Waals surface area contributed by atoms with Crippen molar-refractivity contribution < 1.29 is 22.7 Å². The first-order valence-electron chi connectivity index (χ1n) is 6.65. The number of hydrogen-bond donors (Lipinski definition) is 0. The molecule has 0 unspecified atom stereocenters. The normalized spacial score (nSPS) is 11.3. The Hall–Kier alpha value is -2.35. The number of nitrogens with zero attached hydrogens (tertiary/aromatic N) is 2. The first-order valence-corrected chi connectivity index (χ1v) is 7.63. The maximum atomic E-state index is 13.3. The number of thioether (sulfide) groups is 1. The van der Waals surface area contributed by atoms with E-state index >= 15 is 0 Å². The van der Waals surface area contributed by atoms with E-state index in [-0.39, 0.29) is 16.7 Å². The number of hydrogen-bond acceptors (Lipinski definition) is 5. The van der Waals surface area contributed by atoms with Gasteiger partial charge in [-0.15, -0.1) is 0 Å². The zero-order valence-corrected chi connectivity index (χ0v) is 12.8. The zero-order chi connectivity index (χ0) is 16.4. The van der Waals surface area contributed by atoms with Crippen LogP contribution in [0.1, 0.15) is 22.9 Å². The summed E-state index contributed by atoms with van der Waals surface area (Å²) in [7, 11) is 1.25. The summed E-state index contributed by atoms with van der Waals surface area (Å²) in [4.78, 5) is 15.5. The Morgan fingerprint density at radius 1 is 1.35 bits per heavy atom. The van der Waals surface area contributed by atoms with E-state index in [2.05, 4.69) is 9.72 Å². The van der Waals surface area contributed by atoms with Gasteiger partial charge in [0.1, 0.15) is 5.76 Å². The van der Waals surface area contributed by atoms with E-state index in [9.17, 15) is 13.6 Å². The minimum Gasteiger partial charge on any atom is -0.463 e. The number of alkyl halides is 2. The number of esters is 1. The number of methoxy groups -OCH3 is 1. The van der Waals surface area contributed by atoms with Crippen molar-refractivity contribution >= 4 is 28.8 Å². The lowest BCUT2D eigenvalue weighted by Gasteiger charge is -2.06. The third-order valence-corrected chi connectivity index (χ3v) is 4.13. The Morgan fingerprint density at radius 3 is 2.87 bits per heavy atom. The first kappa shape index (κ1) is 15.5. The molecule has 0 N–H and O–H groups in total. The highest BCUT2D eigenvalue weighted by atomic mass is 32.2. The quantitative estimate of drug-likeness (QED) is 0.518. The largest absolute Gasteiger partial charge is 0.463 e. The van der Waals surface area contributed by atoms with Gasteiger partial charge in [0.25, 0.3) is 0 Å². The van der Waals surface area contributed by atoms with Crippen LogP contribution in [0, 0.1) is 0 Å². The Labute approximate surface area is 134 Å². The molecule has 0 saturated carbocycles. The van der Waals surface area contributed by atoms with E-state index in [4.69, 9.17) is 4.42 Å². The average molecular weight is 338 g/mol. The Kier molecular flexibility index (Phi) is 4.33. The number of halogens is 2. The molecule has 5 nitrogen and oxygen atoms in total. The molecule has 1 aromatic carbocycles. The van der Waals surface area contributed by atoms with Crippen LogP contribution in [0.5, 0.6) is 0 Å². The Bertz CT molecular complexity index is 844. The van der Waals surface area contributed by atoms with E-state index in [1.807, 2.05) is 0 Å². The summed E-state index contributed by atoms with van der Waals surface area (Å²) in [5.41, 5.74) is 0.879. The molecule has 3 aromatic rings. The highest BCUT2D eigenvalue weighted by molar-refractivity contribution is 7.98. The van der Waals surface area contributed by atoms with Crippen molar-refractivity contribution in [2.45, 2.75) is 17.5 Å². The lowest BCUT2D eigenvalue weighted by Crippen LogP contribution is -2.00. The first-order chi connectivity index (χ1) is 11.1. The number of furan rings is 1. The smallest absolute Gasteiger partial charge is 0.373 e. The summed E-state index contributed by atoms with van der Waals surface area (Å²) >= 11 is 1.11. The molecular formula is C15H12F2N2O3S. The van der Waals surface area contributed by atoms with Crippen LogP contribution in [0.3, 0.4) is 0 Å². The van der Waals surface area contributed by atoms with E-state index < -0.39 is 12.5 Å². The topological polar surface area (TPSA) is 57.3 Å². The lowest BCUT2D eigenvalue weighted by molar-refractivity contribution is 0.0563. The summed E-state index contributed by atoms with van der Waals surface area (Å²) in [6.07, 6.45) is 0. The second-order valence-electron chi connectivity index (χ2n) is 4.58. The van der Waals surface area contributed by atoms with Crippen molar-refractivity contribution in [1.29, 1.82) is 0 Å². The van der Waals surface area contributed by atoms with Crippen LogP contribution in [0.25, 0.3) is 11.0 Å². The number of fused-ring (bicyclic) bond motifs is 1. The number of carbonyl (C=O) groups is 1. The van der Waals surface area contributed by atoms with Crippen LogP contribution in [-0.2, 0) is 10.5 Å². The third kappa shape index (κ3) is 3.07. The molecule has 120 valence electrons. The molecule has 0 aliphatic rings. The second-order valence-corrected chi connectivity index (χ2v) is 5.52. The highest BCUT2D eigenvalue weighted by Crippen LogP contribution is 2.31. The fourth-order valence-electron chi connectivity index (χ4n) is 2.11. The molecule has 3 rings (SSSR count). The van der Waals surface area contributed by atoms with Crippen molar-refractivity contribution in [3.63, 3.8) is 0 Å². The van der Waals surface area contributed by atoms with Gasteiger partial charge in [-0.2, -0.15) is 8.78 Å². The van der Waals surface area contributed by atoms with Gasteiger partial charge in [0.2, 0.25) is 5.76 Å². The molecule has 8 heteroatoms. The van der Waals surface area contributed by atoms with Gasteiger partial charge < -0.3 is 9.15 Å². The second kappa shape index (κ2) is 6.41. The van der Waals surface area contributed by atoms with Gasteiger partial charge in [-0.05, 0) is 24.3 Å². The minimum absolute atomic E-state index is 0.0745. The number of carbonyl (C=O) groups excluding carboxylic acids is 1. The van der Waals surface area contributed by atoms with Crippen molar-refractivity contribution in [2.24, 2.45) is 0 Å². The number of aromatic nitrogens is 2. The van der Waals surface area contributed by atoms with E-state index in [1.54, 1.807) is 30.3 Å². The molecule has 0 saturated heterocycles. The molecule has 0 bridgehead atoms. The van der Waals surface area contributed by atoms with Crippen LogP contribution in [0.2, 0.25) is 0 Å². The van der Waals surface area contributed by atoms with Crippen molar-refractivity contribution in [3.05, 3.63) is 47.9 Å². The molecule has 0 atom stereocenters. The summed E-state index contributed by atoms with van der Waals surface area (Å²) in [5.74, 6) is 0.238. The van der Waals surface area contributed by atoms with Gasteiger partial charge in [0, 0.05) is 0 Å². The van der Waals surface area contributed by atoms with Crippen molar-refractivity contribution in [3.8, 4) is 0 Å². The molecule has 2 aromatic heterocycles. The SMILES string of the molecule is COC(=O)c1ccc(CSc2nc3ccccc3n2C(F)F)o1. The van der Waals surface area contributed by atoms with Gasteiger partial charge in [-0.1, -0.05) is 23.9 Å². The van der Waals surface area contributed by atoms with Gasteiger partial charge in [0.05, 0.1) is 23.9 Å². The summed E-state index contributed by atoms with van der Waals surface area (Å²) < 4.78 is 37.3. The van der Waals surface area contributed by atoms with Gasteiger partial charge >= 0.3 is 12.5 Å². The number of para-hydroxylation sites is 2. The fraction of sp³-hybridized carbons (Fsp3) is 0.200. The Balaban J connectivity index is 1.83. The summed E-state index contributed by atoms with van der Waals surface area (Å²) in [6.45, 7) is -2.69. The summed E-state index contributed by atoms with van der Waals surface area (Å²) in [6, 6.07) is 9.80. The van der Waals surface area contributed by atoms with Crippen LogP contribution in [0.15, 0.2) is 46.0 Å². The molecule has 23 heavy (non-hydrogen) atoms. The predicted octanol–water partition coefficient (Wildman–Crippen LogP) is 4.10. The molecule has 0 fully saturated rings. The van der Waals surface area contributed by atoms with E-state index in [0.29, 0.717) is 16.8 Å². The van der Waals surface area contributed by atoms with Gasteiger partial charge in [-0.25, -0.2) is 9.78 Å². The molecule has 0 amide bonds. The van der Waals surface area contributed by atoms with Crippen LogP contribution in [-0.4, -0.2) is 22.6 Å². The number of imidazole rings is 1. The van der Waals surface area contributed by atoms with Crippen molar-refractivity contribution in [1.82, 2.24) is 9.55 Å². The van der Waals surface area contributed by atoms with Crippen LogP contribution >= 0.6 is 11.8 Å². The molecular weight excluding hydrogens is 326 g/mol. The van der Waals surface area contributed by atoms with E-state index in [0.717, 1.165) is 16.3 Å². The van der Waals surface area contributed by atoms with Crippen LogP contribution in [0.4, 0.5) is 8.78 Å². The number of ether oxygens (including phenoxy) is 1. The predicted molar refractivity (Wildman–Crippen MR) is 80.6 cm³/mol. The molecule has 0 radical (unpaired) electrons. The Morgan fingerprint density at radius 2 is 2.13 bits per heavy atom. The summed E-state index contributed by atoms with van der Waals surface area (Å²) in [5, 5.41) is 0.192. The lowest BCUT2D eigenvalue weighted by atomic mass is 10.3. The number of benzene rings is 1. The minimum atomic E-state index is -2.69. The molecule has 0 spiro atoms. The van der Waals surface area contributed by atoms with Crippen LogP contribution < -0.4 is 0 Å². The fourth-order valence-corrected chi connectivity index (χ4v) is 3.02. The zero-order valence-electron chi connectivity index (χ0n) is 12.0. The highest BCUT2D eigenvalue weighted by Gasteiger charge is 2.19. The van der Waals surface area contributed by atoms with Gasteiger partial charge in [-0.3, -0.25) is 4.57 Å². The van der Waals surface area contributed by atoms with E-state index in [1.165, 1.54) is 13.2 Å².